The Bertz CT molecular complexity index is 845. The van der Waals surface area contributed by atoms with E-state index in [4.69, 9.17) is 4.74 Å². The van der Waals surface area contributed by atoms with Gasteiger partial charge in [-0.15, -0.1) is 0 Å². The Morgan fingerprint density at radius 3 is 2.82 bits per heavy atom. The molecule has 0 spiro atoms. The zero-order valence-electron chi connectivity index (χ0n) is 16.4. The van der Waals surface area contributed by atoms with Crippen LogP contribution >= 0.6 is 0 Å². The molecule has 2 aromatic rings. The van der Waals surface area contributed by atoms with Crippen LogP contribution in [0.15, 0.2) is 36.5 Å². The number of amides is 1. The molecule has 0 saturated heterocycles. The van der Waals surface area contributed by atoms with Gasteiger partial charge in [-0.2, -0.15) is 0 Å². The van der Waals surface area contributed by atoms with Crippen molar-refractivity contribution in [3.05, 3.63) is 47.9 Å². The zero-order valence-corrected chi connectivity index (χ0v) is 16.4. The number of fused-ring (bicyclic) bond motifs is 1. The van der Waals surface area contributed by atoms with Crippen LogP contribution in [0, 0.1) is 11.7 Å². The molecule has 1 aliphatic heterocycles. The lowest BCUT2D eigenvalue weighted by atomic mass is 9.99. The topological polar surface area (TPSA) is 74.7 Å². The summed E-state index contributed by atoms with van der Waals surface area (Å²) in [5, 5.41) is 12.7. The number of hydrogen-bond donors (Lipinski definition) is 2. The van der Waals surface area contributed by atoms with Gasteiger partial charge in [0, 0.05) is 36.3 Å². The smallest absolute Gasteiger partial charge is 0.259 e. The van der Waals surface area contributed by atoms with Crippen molar-refractivity contribution < 1.29 is 19.0 Å². The van der Waals surface area contributed by atoms with Crippen molar-refractivity contribution in [1.82, 2.24) is 15.2 Å². The number of aromatic nitrogens is 1. The number of rotatable bonds is 5. The minimum Gasteiger partial charge on any atom is -0.472 e. The van der Waals surface area contributed by atoms with E-state index in [1.54, 1.807) is 36.1 Å². The van der Waals surface area contributed by atoms with Gasteiger partial charge in [0.05, 0.1) is 12.6 Å². The summed E-state index contributed by atoms with van der Waals surface area (Å²) < 4.78 is 20.3. The van der Waals surface area contributed by atoms with Gasteiger partial charge in [-0.1, -0.05) is 25.1 Å². The highest BCUT2D eigenvalue weighted by atomic mass is 19.1. The van der Waals surface area contributed by atoms with E-state index in [2.05, 4.69) is 10.3 Å². The molecule has 1 aliphatic rings. The predicted octanol–water partition coefficient (Wildman–Crippen LogP) is 2.33. The van der Waals surface area contributed by atoms with Crippen LogP contribution in [-0.4, -0.2) is 59.8 Å². The molecule has 0 unspecified atom stereocenters. The Labute approximate surface area is 164 Å². The number of pyridine rings is 1. The van der Waals surface area contributed by atoms with E-state index in [9.17, 15) is 14.3 Å². The molecule has 0 bridgehead atoms. The number of aliphatic hydroxyl groups excluding tert-OH is 1. The molecule has 150 valence electrons. The van der Waals surface area contributed by atoms with Crippen LogP contribution in [0.25, 0.3) is 11.1 Å². The van der Waals surface area contributed by atoms with Crippen molar-refractivity contribution in [2.24, 2.45) is 5.92 Å². The van der Waals surface area contributed by atoms with Gasteiger partial charge in [-0.05, 0) is 26.1 Å². The minimum atomic E-state index is -0.384. The zero-order chi connectivity index (χ0) is 20.3. The number of carbonyl (C=O) groups excluding carboxylic acids is 1. The third-order valence-electron chi connectivity index (χ3n) is 5.11. The van der Waals surface area contributed by atoms with Crippen molar-refractivity contribution in [3.8, 4) is 17.0 Å². The maximum Gasteiger partial charge on any atom is 0.259 e. The first-order valence-electron chi connectivity index (χ1n) is 9.44. The summed E-state index contributed by atoms with van der Waals surface area (Å²) in [5.74, 6) is -0.402. The van der Waals surface area contributed by atoms with Crippen LogP contribution in [0.5, 0.6) is 5.88 Å². The molecular formula is C21H26FN3O3. The molecule has 2 N–H and O–H groups in total. The number of aliphatic hydroxyl groups is 1. The third kappa shape index (κ3) is 4.00. The predicted molar refractivity (Wildman–Crippen MR) is 105 cm³/mol. The molecule has 0 radical (unpaired) electrons. The second-order valence-electron chi connectivity index (χ2n) is 7.24. The highest BCUT2D eigenvalue weighted by molar-refractivity contribution is 5.98. The van der Waals surface area contributed by atoms with E-state index in [0.29, 0.717) is 24.2 Å². The fourth-order valence-electron chi connectivity index (χ4n) is 3.39. The van der Waals surface area contributed by atoms with Crippen LogP contribution in [-0.2, 0) is 0 Å². The lowest BCUT2D eigenvalue weighted by molar-refractivity contribution is 0.0404. The van der Waals surface area contributed by atoms with Crippen molar-refractivity contribution in [3.63, 3.8) is 0 Å². The van der Waals surface area contributed by atoms with Gasteiger partial charge in [-0.25, -0.2) is 9.37 Å². The monoisotopic (exact) mass is 387 g/mol. The van der Waals surface area contributed by atoms with E-state index < -0.39 is 0 Å². The van der Waals surface area contributed by atoms with Gasteiger partial charge in [-0.3, -0.25) is 4.79 Å². The Balaban J connectivity index is 2.09. The van der Waals surface area contributed by atoms with E-state index in [-0.39, 0.29) is 47.8 Å². The van der Waals surface area contributed by atoms with E-state index >= 15 is 0 Å². The number of nitrogens with one attached hydrogen (secondary N) is 1. The average Bonchev–Trinajstić information content (AvgIpc) is 2.70. The SMILES string of the molecule is CNC[C@@H]1Oc2ncc(-c3ccccc3F)cc2C(=O)N([C@H](C)CO)C[C@@H]1C. The maximum atomic E-state index is 14.2. The largest absolute Gasteiger partial charge is 0.472 e. The van der Waals surface area contributed by atoms with Gasteiger partial charge >= 0.3 is 0 Å². The van der Waals surface area contributed by atoms with Crippen molar-refractivity contribution in [1.29, 1.82) is 0 Å². The summed E-state index contributed by atoms with van der Waals surface area (Å²) in [6.45, 7) is 4.69. The molecule has 0 aliphatic carbocycles. The Kier molecular flexibility index (Phi) is 6.26. The first-order chi connectivity index (χ1) is 13.5. The number of likely N-dealkylation sites (N-methyl/N-ethyl adjacent to an activating group) is 1. The van der Waals surface area contributed by atoms with Crippen LogP contribution < -0.4 is 10.1 Å². The highest BCUT2D eigenvalue weighted by Crippen LogP contribution is 2.30. The first kappa shape index (κ1) is 20.2. The lowest BCUT2D eigenvalue weighted by Gasteiger charge is -2.36. The summed E-state index contributed by atoms with van der Waals surface area (Å²) in [6.07, 6.45) is 1.32. The van der Waals surface area contributed by atoms with Gasteiger partial charge in [0.15, 0.2) is 0 Å². The summed E-state index contributed by atoms with van der Waals surface area (Å²) in [5.41, 5.74) is 1.15. The molecule has 28 heavy (non-hydrogen) atoms. The minimum absolute atomic E-state index is 0.0339. The number of carbonyl (C=O) groups is 1. The van der Waals surface area contributed by atoms with E-state index in [0.717, 1.165) is 0 Å². The molecule has 1 aromatic heterocycles. The molecule has 0 fully saturated rings. The van der Waals surface area contributed by atoms with Crippen LogP contribution in [0.3, 0.4) is 0 Å². The van der Waals surface area contributed by atoms with Crippen molar-refractivity contribution in [2.45, 2.75) is 26.0 Å². The van der Waals surface area contributed by atoms with Gasteiger partial charge in [0.25, 0.3) is 5.91 Å². The summed E-state index contributed by atoms with van der Waals surface area (Å²) in [4.78, 5) is 19.2. The Hall–Kier alpha value is -2.51. The Morgan fingerprint density at radius 1 is 1.39 bits per heavy atom. The van der Waals surface area contributed by atoms with Gasteiger partial charge < -0.3 is 20.1 Å². The fourth-order valence-corrected chi connectivity index (χ4v) is 3.39. The summed E-state index contributed by atoms with van der Waals surface area (Å²) in [7, 11) is 1.84. The molecule has 1 aromatic carbocycles. The number of ether oxygens (including phenoxy) is 1. The average molecular weight is 387 g/mol. The molecule has 6 nitrogen and oxygen atoms in total. The quantitative estimate of drug-likeness (QED) is 0.824. The molecule has 2 heterocycles. The standard InChI is InChI=1S/C21H26FN3O3/c1-13-11-25(14(2)12-26)21(27)17-8-15(16-6-4-5-7-18(16)22)9-24-20(17)28-19(13)10-23-3/h4-9,13-14,19,23,26H,10-12H2,1-3H3/t13-,14+,19-/m0/s1. The maximum absolute atomic E-state index is 14.2. The fraction of sp³-hybridized carbons (Fsp3) is 0.429. The van der Waals surface area contributed by atoms with Crippen LogP contribution in [0.1, 0.15) is 24.2 Å². The van der Waals surface area contributed by atoms with Crippen LogP contribution in [0.2, 0.25) is 0 Å². The summed E-state index contributed by atoms with van der Waals surface area (Å²) >= 11 is 0. The molecule has 3 atom stereocenters. The van der Waals surface area contributed by atoms with Crippen LogP contribution in [0.4, 0.5) is 4.39 Å². The van der Waals surface area contributed by atoms with E-state index in [1.807, 2.05) is 14.0 Å². The normalized spacial score (nSPS) is 20.8. The molecular weight excluding hydrogens is 361 g/mol. The molecule has 3 rings (SSSR count). The number of hydrogen-bond acceptors (Lipinski definition) is 5. The first-order valence-corrected chi connectivity index (χ1v) is 9.44. The second kappa shape index (κ2) is 8.67. The van der Waals surface area contributed by atoms with Crippen molar-refractivity contribution in [2.75, 3.05) is 26.7 Å². The number of benzene rings is 1. The second-order valence-corrected chi connectivity index (χ2v) is 7.24. The molecule has 0 saturated carbocycles. The molecule has 1 amide bonds. The summed E-state index contributed by atoms with van der Waals surface area (Å²) in [6, 6.07) is 7.63. The van der Waals surface area contributed by atoms with E-state index in [1.165, 1.54) is 12.3 Å². The third-order valence-corrected chi connectivity index (χ3v) is 5.11. The Morgan fingerprint density at radius 2 is 2.14 bits per heavy atom. The van der Waals surface area contributed by atoms with Gasteiger partial charge in [0.2, 0.25) is 5.88 Å². The van der Waals surface area contributed by atoms with Gasteiger partial charge in [0.1, 0.15) is 17.5 Å². The number of nitrogens with zero attached hydrogens (tertiary/aromatic N) is 2. The molecule has 7 heteroatoms. The lowest BCUT2D eigenvalue weighted by Crippen LogP contribution is -2.49. The number of halogens is 1. The van der Waals surface area contributed by atoms with Crippen molar-refractivity contribution >= 4 is 5.91 Å². The highest BCUT2D eigenvalue weighted by Gasteiger charge is 2.33.